The Kier molecular flexibility index (Phi) is 6.83. The van der Waals surface area contributed by atoms with E-state index in [0.717, 1.165) is 0 Å². The van der Waals surface area contributed by atoms with Crippen LogP contribution in [0.4, 0.5) is 4.39 Å². The minimum absolute atomic E-state index is 0.0783. The first-order valence-corrected chi connectivity index (χ1v) is 8.86. The van der Waals surface area contributed by atoms with Gasteiger partial charge in [0.15, 0.2) is 11.5 Å². The van der Waals surface area contributed by atoms with Crippen LogP contribution in [0.25, 0.3) is 0 Å². The molecule has 1 saturated heterocycles. The number of halogens is 1. The van der Waals surface area contributed by atoms with Crippen LogP contribution in [0, 0.1) is 11.7 Å². The van der Waals surface area contributed by atoms with Gasteiger partial charge >= 0.3 is 0 Å². The highest BCUT2D eigenvalue weighted by molar-refractivity contribution is 5.98. The molecule has 0 aliphatic carbocycles. The number of nitrogens with zero attached hydrogens (tertiary/aromatic N) is 1. The first-order chi connectivity index (χ1) is 12.4. The molecule has 144 valence electrons. The Morgan fingerprint density at radius 1 is 1.23 bits per heavy atom. The molecule has 1 N–H and O–H groups in total. The van der Waals surface area contributed by atoms with Crippen molar-refractivity contribution in [1.82, 2.24) is 10.2 Å². The summed E-state index contributed by atoms with van der Waals surface area (Å²) in [5, 5.41) is 2.85. The molecule has 0 saturated carbocycles. The molecule has 0 atom stereocenters. The average molecular weight is 366 g/mol. The van der Waals surface area contributed by atoms with Gasteiger partial charge in [-0.05, 0) is 30.9 Å². The molecule has 0 aromatic heterocycles. The van der Waals surface area contributed by atoms with E-state index in [9.17, 15) is 14.0 Å². The Morgan fingerprint density at radius 3 is 2.42 bits per heavy atom. The molecule has 0 spiro atoms. The summed E-state index contributed by atoms with van der Waals surface area (Å²) in [4.78, 5) is 26.5. The van der Waals surface area contributed by atoms with E-state index in [2.05, 4.69) is 5.32 Å². The number of rotatable bonds is 6. The topological polar surface area (TPSA) is 67.9 Å². The molecule has 0 unspecified atom stereocenters. The highest BCUT2D eigenvalue weighted by Gasteiger charge is 2.27. The highest BCUT2D eigenvalue weighted by Crippen LogP contribution is 2.33. The molecule has 2 amide bonds. The number of carbonyl (C=O) groups excluding carboxylic acids is 2. The molecular formula is C19H27FN2O4. The van der Waals surface area contributed by atoms with Crippen LogP contribution in [0.3, 0.4) is 0 Å². The third-order valence-electron chi connectivity index (χ3n) is 4.49. The maximum absolute atomic E-state index is 14.2. The van der Waals surface area contributed by atoms with Gasteiger partial charge < -0.3 is 19.7 Å². The van der Waals surface area contributed by atoms with Crippen molar-refractivity contribution < 1.29 is 23.5 Å². The van der Waals surface area contributed by atoms with Crippen molar-refractivity contribution in [3.8, 4) is 11.5 Å². The average Bonchev–Trinajstić information content (AvgIpc) is 2.61. The van der Waals surface area contributed by atoms with Crippen molar-refractivity contribution in [2.75, 3.05) is 27.3 Å². The maximum Gasteiger partial charge on any atom is 0.258 e. The minimum Gasteiger partial charge on any atom is -0.493 e. The van der Waals surface area contributed by atoms with Crippen LogP contribution in [0.1, 0.15) is 43.5 Å². The molecule has 7 heteroatoms. The number of methoxy groups -OCH3 is 2. The van der Waals surface area contributed by atoms with Crippen LogP contribution in [0.15, 0.2) is 12.1 Å². The first kappa shape index (κ1) is 20.0. The first-order valence-electron chi connectivity index (χ1n) is 8.86. The summed E-state index contributed by atoms with van der Waals surface area (Å²) in [5.41, 5.74) is -0.162. The predicted octanol–water partition coefficient (Wildman–Crippen LogP) is 2.61. The fraction of sp³-hybridized carbons (Fsp3) is 0.579. The van der Waals surface area contributed by atoms with Crippen LogP contribution in [0.2, 0.25) is 0 Å². The molecular weight excluding hydrogens is 339 g/mol. The Labute approximate surface area is 153 Å². The Bertz CT molecular complexity index is 655. The molecule has 2 rings (SSSR count). The SMILES string of the molecule is COc1ccc(F)c(C(=O)NC2CCN(C(=O)CC(C)C)CC2)c1OC. The Morgan fingerprint density at radius 2 is 1.88 bits per heavy atom. The zero-order valence-corrected chi connectivity index (χ0v) is 15.8. The number of hydrogen-bond donors (Lipinski definition) is 1. The summed E-state index contributed by atoms with van der Waals surface area (Å²) in [6.07, 6.45) is 1.82. The summed E-state index contributed by atoms with van der Waals surface area (Å²) >= 11 is 0. The van der Waals surface area contributed by atoms with Crippen LogP contribution in [0.5, 0.6) is 11.5 Å². The minimum atomic E-state index is -0.662. The quantitative estimate of drug-likeness (QED) is 0.840. The van der Waals surface area contributed by atoms with E-state index in [1.165, 1.54) is 26.4 Å². The number of carbonyl (C=O) groups is 2. The van der Waals surface area contributed by atoms with E-state index in [0.29, 0.717) is 44.0 Å². The smallest absolute Gasteiger partial charge is 0.258 e. The van der Waals surface area contributed by atoms with Gasteiger partial charge in [0.25, 0.3) is 5.91 Å². The van der Waals surface area contributed by atoms with Crippen LogP contribution < -0.4 is 14.8 Å². The zero-order chi connectivity index (χ0) is 19.3. The second-order valence-corrected chi connectivity index (χ2v) is 6.88. The lowest BCUT2D eigenvalue weighted by atomic mass is 10.0. The van der Waals surface area contributed by atoms with E-state index in [-0.39, 0.29) is 23.3 Å². The van der Waals surface area contributed by atoms with Crippen molar-refractivity contribution in [2.24, 2.45) is 5.92 Å². The third kappa shape index (κ3) is 4.65. The van der Waals surface area contributed by atoms with Crippen molar-refractivity contribution in [3.63, 3.8) is 0 Å². The van der Waals surface area contributed by atoms with E-state index >= 15 is 0 Å². The summed E-state index contributed by atoms with van der Waals surface area (Å²) in [6, 6.07) is 2.49. The number of nitrogens with one attached hydrogen (secondary N) is 1. The van der Waals surface area contributed by atoms with Crippen molar-refractivity contribution in [3.05, 3.63) is 23.5 Å². The fourth-order valence-corrected chi connectivity index (χ4v) is 3.12. The van der Waals surface area contributed by atoms with Crippen molar-refractivity contribution in [1.29, 1.82) is 0 Å². The van der Waals surface area contributed by atoms with Crippen LogP contribution in [-0.2, 0) is 4.79 Å². The molecule has 1 fully saturated rings. The lowest BCUT2D eigenvalue weighted by Gasteiger charge is -2.33. The van der Waals surface area contributed by atoms with Crippen LogP contribution >= 0.6 is 0 Å². The maximum atomic E-state index is 14.2. The number of benzene rings is 1. The standard InChI is InChI=1S/C19H27FN2O4/c1-12(2)11-16(23)22-9-7-13(8-10-22)21-19(24)17-14(20)5-6-15(25-3)18(17)26-4/h5-6,12-13H,7-11H2,1-4H3,(H,21,24). The molecule has 6 nitrogen and oxygen atoms in total. The van der Waals surface area contributed by atoms with E-state index in [1.807, 2.05) is 18.7 Å². The zero-order valence-electron chi connectivity index (χ0n) is 15.8. The largest absolute Gasteiger partial charge is 0.493 e. The van der Waals surface area contributed by atoms with Gasteiger partial charge in [-0.2, -0.15) is 0 Å². The number of ether oxygens (including phenoxy) is 2. The van der Waals surface area contributed by atoms with Crippen molar-refractivity contribution in [2.45, 2.75) is 39.2 Å². The molecule has 0 radical (unpaired) electrons. The molecule has 1 aromatic rings. The Balaban J connectivity index is 2.01. The lowest BCUT2D eigenvalue weighted by molar-refractivity contribution is -0.133. The molecule has 1 aliphatic rings. The summed E-state index contributed by atoms with van der Waals surface area (Å²) in [5.74, 6) is -0.355. The van der Waals surface area contributed by atoms with Gasteiger partial charge in [0.1, 0.15) is 11.4 Å². The van der Waals surface area contributed by atoms with E-state index in [1.54, 1.807) is 0 Å². The van der Waals surface area contributed by atoms with Gasteiger partial charge in [-0.1, -0.05) is 13.8 Å². The van der Waals surface area contributed by atoms with E-state index < -0.39 is 11.7 Å². The van der Waals surface area contributed by atoms with Gasteiger partial charge in [-0.25, -0.2) is 4.39 Å². The van der Waals surface area contributed by atoms with Gasteiger partial charge in [0, 0.05) is 25.6 Å². The number of likely N-dealkylation sites (tertiary alicyclic amines) is 1. The fourth-order valence-electron chi connectivity index (χ4n) is 3.12. The van der Waals surface area contributed by atoms with Gasteiger partial charge in [0.05, 0.1) is 14.2 Å². The second kappa shape index (κ2) is 8.87. The highest BCUT2D eigenvalue weighted by atomic mass is 19.1. The molecule has 1 aromatic carbocycles. The molecule has 1 aliphatic heterocycles. The lowest BCUT2D eigenvalue weighted by Crippen LogP contribution is -2.46. The normalized spacial score (nSPS) is 15.1. The van der Waals surface area contributed by atoms with Gasteiger partial charge in [0.2, 0.25) is 5.91 Å². The molecule has 1 heterocycles. The summed E-state index contributed by atoms with van der Waals surface area (Å²) in [6.45, 7) is 5.21. The number of amides is 2. The van der Waals surface area contributed by atoms with Gasteiger partial charge in [-0.3, -0.25) is 9.59 Å². The molecule has 26 heavy (non-hydrogen) atoms. The Hall–Kier alpha value is -2.31. The van der Waals surface area contributed by atoms with Gasteiger partial charge in [-0.15, -0.1) is 0 Å². The van der Waals surface area contributed by atoms with Crippen molar-refractivity contribution >= 4 is 11.8 Å². The second-order valence-electron chi connectivity index (χ2n) is 6.88. The van der Waals surface area contributed by atoms with Crippen LogP contribution in [-0.4, -0.2) is 50.1 Å². The molecule has 0 bridgehead atoms. The third-order valence-corrected chi connectivity index (χ3v) is 4.49. The predicted molar refractivity (Wildman–Crippen MR) is 96.0 cm³/mol. The summed E-state index contributed by atoms with van der Waals surface area (Å²) < 4.78 is 24.5. The number of hydrogen-bond acceptors (Lipinski definition) is 4. The van der Waals surface area contributed by atoms with E-state index in [4.69, 9.17) is 9.47 Å². The summed E-state index contributed by atoms with van der Waals surface area (Å²) in [7, 11) is 2.80. The number of piperidine rings is 1. The monoisotopic (exact) mass is 366 g/mol.